The van der Waals surface area contributed by atoms with E-state index in [1.807, 2.05) is 37.3 Å². The fraction of sp³-hybridized carbons (Fsp3) is 0.367. The molecular weight excluding hydrogens is 512 g/mol. The Bertz CT molecular complexity index is 1420. The molecule has 39 heavy (non-hydrogen) atoms. The summed E-state index contributed by atoms with van der Waals surface area (Å²) >= 11 is 0. The summed E-state index contributed by atoms with van der Waals surface area (Å²) < 4.78 is 6.55. The lowest BCUT2D eigenvalue weighted by Gasteiger charge is -2.23. The van der Waals surface area contributed by atoms with Crippen LogP contribution < -0.4 is 20.7 Å². The van der Waals surface area contributed by atoms with E-state index in [0.717, 1.165) is 77.8 Å². The SMILES string of the molecule is Cc1ccc2c(NC[C@H](O)C3CC3)cccc2c1Oc1ncccc1-c1ccnc(N[C@H]2CCCNC2)n1.Cl. The van der Waals surface area contributed by atoms with Crippen LogP contribution in [0.5, 0.6) is 11.6 Å². The quantitative estimate of drug-likeness (QED) is 0.216. The Morgan fingerprint density at radius 3 is 2.74 bits per heavy atom. The van der Waals surface area contributed by atoms with Crippen molar-refractivity contribution in [2.24, 2.45) is 5.92 Å². The van der Waals surface area contributed by atoms with Gasteiger partial charge in [0.2, 0.25) is 11.8 Å². The second-order valence-electron chi connectivity index (χ2n) is 10.3. The monoisotopic (exact) mass is 546 g/mol. The first-order chi connectivity index (χ1) is 18.7. The van der Waals surface area contributed by atoms with E-state index in [9.17, 15) is 5.11 Å². The minimum absolute atomic E-state index is 0. The summed E-state index contributed by atoms with van der Waals surface area (Å²) in [6, 6.07) is 16.4. The van der Waals surface area contributed by atoms with Crippen molar-refractivity contribution in [2.75, 3.05) is 30.3 Å². The number of piperidine rings is 1. The van der Waals surface area contributed by atoms with Crippen molar-refractivity contribution in [2.45, 2.75) is 44.8 Å². The van der Waals surface area contributed by atoms with E-state index in [1.165, 1.54) is 0 Å². The van der Waals surface area contributed by atoms with E-state index in [0.29, 0.717) is 30.3 Å². The largest absolute Gasteiger partial charge is 0.437 e. The summed E-state index contributed by atoms with van der Waals surface area (Å²) in [5.41, 5.74) is 3.55. The maximum atomic E-state index is 10.4. The fourth-order valence-electron chi connectivity index (χ4n) is 5.09. The van der Waals surface area contributed by atoms with Crippen LogP contribution in [0.1, 0.15) is 31.2 Å². The van der Waals surface area contributed by atoms with Crippen molar-refractivity contribution < 1.29 is 9.84 Å². The maximum Gasteiger partial charge on any atom is 0.228 e. The molecule has 1 saturated carbocycles. The number of hydrogen-bond acceptors (Lipinski definition) is 8. The molecule has 1 saturated heterocycles. The minimum atomic E-state index is -0.316. The summed E-state index contributed by atoms with van der Waals surface area (Å²) in [5, 5.41) is 22.7. The number of aliphatic hydroxyl groups excluding tert-OH is 1. The molecule has 1 aliphatic heterocycles. The van der Waals surface area contributed by atoms with Gasteiger partial charge in [0.1, 0.15) is 5.75 Å². The zero-order valence-electron chi connectivity index (χ0n) is 22.1. The molecule has 2 aliphatic rings. The van der Waals surface area contributed by atoms with Crippen LogP contribution in [0.2, 0.25) is 0 Å². The summed E-state index contributed by atoms with van der Waals surface area (Å²) in [7, 11) is 0. The smallest absolute Gasteiger partial charge is 0.228 e. The van der Waals surface area contributed by atoms with Gasteiger partial charge in [-0.05, 0) is 74.9 Å². The van der Waals surface area contributed by atoms with Gasteiger partial charge >= 0.3 is 0 Å². The predicted molar refractivity (Wildman–Crippen MR) is 158 cm³/mol. The number of aliphatic hydroxyl groups is 1. The number of nitrogens with one attached hydrogen (secondary N) is 3. The lowest BCUT2D eigenvalue weighted by atomic mass is 10.0. The van der Waals surface area contributed by atoms with Gasteiger partial charge in [-0.15, -0.1) is 12.4 Å². The third-order valence-corrected chi connectivity index (χ3v) is 7.41. The van der Waals surface area contributed by atoms with Crippen LogP contribution in [0.15, 0.2) is 60.9 Å². The Morgan fingerprint density at radius 2 is 1.92 bits per heavy atom. The molecular formula is C30H35ClN6O2. The fourth-order valence-corrected chi connectivity index (χ4v) is 5.09. The van der Waals surface area contributed by atoms with Crippen LogP contribution in [0.3, 0.4) is 0 Å². The molecule has 0 unspecified atom stereocenters. The third-order valence-electron chi connectivity index (χ3n) is 7.41. The van der Waals surface area contributed by atoms with Crippen molar-refractivity contribution in [3.63, 3.8) is 0 Å². The molecule has 4 aromatic rings. The first-order valence-corrected chi connectivity index (χ1v) is 13.5. The van der Waals surface area contributed by atoms with Gasteiger partial charge in [-0.2, -0.15) is 0 Å². The van der Waals surface area contributed by atoms with Crippen LogP contribution in [0, 0.1) is 12.8 Å². The van der Waals surface area contributed by atoms with E-state index in [1.54, 1.807) is 12.4 Å². The van der Waals surface area contributed by atoms with Gasteiger partial charge in [0, 0.05) is 48.0 Å². The van der Waals surface area contributed by atoms with Gasteiger partial charge < -0.3 is 25.8 Å². The van der Waals surface area contributed by atoms with Crippen LogP contribution >= 0.6 is 12.4 Å². The van der Waals surface area contributed by atoms with Crippen molar-refractivity contribution >= 4 is 34.8 Å². The Balaban J connectivity index is 0.00000308. The average molecular weight is 547 g/mol. The van der Waals surface area contributed by atoms with Crippen molar-refractivity contribution in [1.29, 1.82) is 0 Å². The van der Waals surface area contributed by atoms with Gasteiger partial charge in [0.15, 0.2) is 0 Å². The number of hydrogen-bond donors (Lipinski definition) is 4. The Hall–Kier alpha value is -3.46. The Morgan fingerprint density at radius 1 is 1.03 bits per heavy atom. The number of aromatic nitrogens is 3. The molecule has 2 atom stereocenters. The summed E-state index contributed by atoms with van der Waals surface area (Å²) in [5.74, 6) is 2.29. The van der Waals surface area contributed by atoms with Crippen molar-refractivity contribution in [3.8, 4) is 22.9 Å². The van der Waals surface area contributed by atoms with E-state index in [-0.39, 0.29) is 18.5 Å². The molecule has 0 spiro atoms. The highest BCUT2D eigenvalue weighted by atomic mass is 35.5. The molecule has 0 amide bonds. The molecule has 4 N–H and O–H groups in total. The van der Waals surface area contributed by atoms with Crippen molar-refractivity contribution in [3.05, 3.63) is 66.5 Å². The number of pyridine rings is 1. The molecule has 0 bridgehead atoms. The first kappa shape index (κ1) is 27.1. The molecule has 3 heterocycles. The Labute approximate surface area is 235 Å². The molecule has 2 fully saturated rings. The number of ether oxygens (including phenoxy) is 1. The zero-order valence-corrected chi connectivity index (χ0v) is 22.9. The van der Waals surface area contributed by atoms with Gasteiger partial charge in [0.05, 0.1) is 17.4 Å². The first-order valence-electron chi connectivity index (χ1n) is 13.5. The number of aryl methyl sites for hydroxylation is 1. The summed E-state index contributed by atoms with van der Waals surface area (Å²) in [6.07, 6.45) is 7.66. The number of fused-ring (bicyclic) bond motifs is 1. The highest BCUT2D eigenvalue weighted by Gasteiger charge is 2.29. The third kappa shape index (κ3) is 6.24. The van der Waals surface area contributed by atoms with Gasteiger partial charge in [-0.3, -0.25) is 0 Å². The molecule has 0 radical (unpaired) electrons. The lowest BCUT2D eigenvalue weighted by Crippen LogP contribution is -2.38. The van der Waals surface area contributed by atoms with Crippen LogP contribution in [0.25, 0.3) is 22.0 Å². The molecule has 6 rings (SSSR count). The number of benzene rings is 2. The highest BCUT2D eigenvalue weighted by Crippen LogP contribution is 2.39. The standard InChI is InChI=1S/C30H34N6O2.ClH/c1-19-9-12-22-23(6-2-8-25(22)34-18-27(37)20-10-11-20)28(19)38-29-24(7-4-15-32-29)26-13-16-33-30(36-26)35-21-5-3-14-31-17-21;/h2,4,6-9,12-13,15-16,20-21,27,31,34,37H,3,5,10-11,14,17-18H2,1H3,(H,33,35,36);1H/t21-,27-;/m0./s1. The molecule has 1 aliphatic carbocycles. The molecule has 2 aromatic heterocycles. The van der Waals surface area contributed by atoms with Crippen molar-refractivity contribution in [1.82, 2.24) is 20.3 Å². The maximum absolute atomic E-state index is 10.4. The average Bonchev–Trinajstić information content (AvgIpc) is 3.80. The van der Waals surface area contributed by atoms with Gasteiger partial charge in [-0.25, -0.2) is 15.0 Å². The number of rotatable bonds is 9. The van der Waals surface area contributed by atoms with Crippen LogP contribution in [0.4, 0.5) is 11.6 Å². The van der Waals surface area contributed by atoms with Gasteiger partial charge in [0.25, 0.3) is 0 Å². The number of halogens is 1. The Kier molecular flexibility index (Phi) is 8.45. The second kappa shape index (κ2) is 12.2. The zero-order chi connectivity index (χ0) is 25.9. The molecule has 2 aromatic carbocycles. The normalized spacial score (nSPS) is 17.7. The van der Waals surface area contributed by atoms with E-state index in [4.69, 9.17) is 9.72 Å². The lowest BCUT2D eigenvalue weighted by molar-refractivity contribution is 0.164. The van der Waals surface area contributed by atoms with Crippen LogP contribution in [-0.4, -0.2) is 51.8 Å². The van der Waals surface area contributed by atoms with Crippen LogP contribution in [-0.2, 0) is 0 Å². The molecule has 204 valence electrons. The number of nitrogens with zero attached hydrogens (tertiary/aromatic N) is 3. The number of anilines is 2. The van der Waals surface area contributed by atoms with E-state index in [2.05, 4.69) is 44.1 Å². The second-order valence-corrected chi connectivity index (χ2v) is 10.3. The van der Waals surface area contributed by atoms with E-state index < -0.39 is 0 Å². The predicted octanol–water partition coefficient (Wildman–Crippen LogP) is 5.56. The molecule has 9 heteroatoms. The summed E-state index contributed by atoms with van der Waals surface area (Å²) in [6.45, 7) is 4.55. The van der Waals surface area contributed by atoms with E-state index >= 15 is 0 Å². The summed E-state index contributed by atoms with van der Waals surface area (Å²) in [4.78, 5) is 13.8. The minimum Gasteiger partial charge on any atom is -0.437 e. The topological polar surface area (TPSA) is 104 Å². The molecule has 8 nitrogen and oxygen atoms in total. The van der Waals surface area contributed by atoms with Gasteiger partial charge in [-0.1, -0.05) is 24.3 Å². The highest BCUT2D eigenvalue weighted by molar-refractivity contribution is 5.98.